The first-order valence-electron chi connectivity index (χ1n) is 5.13. The van der Waals surface area contributed by atoms with Crippen molar-refractivity contribution < 1.29 is 0 Å². The Morgan fingerprint density at radius 1 is 1.62 bits per heavy atom. The standard InChI is InChI=1S/C10H17N3/c1-2-13-8-9(7-12-13)6-11-10-4-3-5-10/h7-8,10-11H,2-6H2,1H3. The van der Waals surface area contributed by atoms with Crippen molar-refractivity contribution in [3.05, 3.63) is 18.0 Å². The molecule has 1 aliphatic carbocycles. The van der Waals surface area contributed by atoms with Crippen LogP contribution in [0.15, 0.2) is 12.4 Å². The molecule has 0 saturated heterocycles. The highest BCUT2D eigenvalue weighted by Gasteiger charge is 2.16. The van der Waals surface area contributed by atoms with Crippen molar-refractivity contribution in [1.29, 1.82) is 0 Å². The topological polar surface area (TPSA) is 29.9 Å². The summed E-state index contributed by atoms with van der Waals surface area (Å²) in [4.78, 5) is 0. The third-order valence-corrected chi connectivity index (χ3v) is 2.71. The molecule has 0 aliphatic heterocycles. The zero-order chi connectivity index (χ0) is 9.10. The second-order valence-corrected chi connectivity index (χ2v) is 3.71. The van der Waals surface area contributed by atoms with Gasteiger partial charge in [0.15, 0.2) is 0 Å². The number of nitrogens with one attached hydrogen (secondary N) is 1. The molecule has 0 spiro atoms. The summed E-state index contributed by atoms with van der Waals surface area (Å²) >= 11 is 0. The van der Waals surface area contributed by atoms with Gasteiger partial charge in [0.25, 0.3) is 0 Å². The fourth-order valence-electron chi connectivity index (χ4n) is 1.55. The quantitative estimate of drug-likeness (QED) is 0.760. The number of rotatable bonds is 4. The minimum absolute atomic E-state index is 0.768. The maximum absolute atomic E-state index is 4.23. The molecule has 3 nitrogen and oxygen atoms in total. The van der Waals surface area contributed by atoms with Gasteiger partial charge in [-0.05, 0) is 19.8 Å². The Balaban J connectivity index is 1.79. The van der Waals surface area contributed by atoms with Crippen molar-refractivity contribution in [2.75, 3.05) is 0 Å². The Morgan fingerprint density at radius 3 is 3.00 bits per heavy atom. The largest absolute Gasteiger partial charge is 0.310 e. The monoisotopic (exact) mass is 179 g/mol. The van der Waals surface area contributed by atoms with E-state index >= 15 is 0 Å². The molecule has 1 fully saturated rings. The number of hydrogen-bond acceptors (Lipinski definition) is 2. The molecule has 1 aliphatic rings. The van der Waals surface area contributed by atoms with E-state index in [2.05, 4.69) is 23.5 Å². The summed E-state index contributed by atoms with van der Waals surface area (Å²) in [6, 6.07) is 0.768. The third kappa shape index (κ3) is 2.10. The van der Waals surface area contributed by atoms with Gasteiger partial charge >= 0.3 is 0 Å². The van der Waals surface area contributed by atoms with Gasteiger partial charge in [-0.3, -0.25) is 4.68 Å². The first-order valence-corrected chi connectivity index (χ1v) is 5.13. The molecule has 1 N–H and O–H groups in total. The van der Waals surface area contributed by atoms with Gasteiger partial charge in [0.2, 0.25) is 0 Å². The van der Waals surface area contributed by atoms with Crippen molar-refractivity contribution in [1.82, 2.24) is 15.1 Å². The molecular weight excluding hydrogens is 162 g/mol. The van der Waals surface area contributed by atoms with Crippen molar-refractivity contribution in [3.8, 4) is 0 Å². The highest BCUT2D eigenvalue weighted by atomic mass is 15.3. The van der Waals surface area contributed by atoms with Gasteiger partial charge in [-0.2, -0.15) is 5.10 Å². The Morgan fingerprint density at radius 2 is 2.46 bits per heavy atom. The van der Waals surface area contributed by atoms with Crippen LogP contribution in [0.25, 0.3) is 0 Å². The highest BCUT2D eigenvalue weighted by molar-refractivity contribution is 5.03. The number of aromatic nitrogens is 2. The summed E-state index contributed by atoms with van der Waals surface area (Å²) in [5.74, 6) is 0. The molecule has 1 heterocycles. The van der Waals surface area contributed by atoms with Crippen molar-refractivity contribution in [2.24, 2.45) is 0 Å². The van der Waals surface area contributed by atoms with Gasteiger partial charge in [-0.25, -0.2) is 0 Å². The van der Waals surface area contributed by atoms with Crippen LogP contribution < -0.4 is 5.32 Å². The van der Waals surface area contributed by atoms with Crippen molar-refractivity contribution in [3.63, 3.8) is 0 Å². The Kier molecular flexibility index (Phi) is 2.64. The predicted molar refractivity (Wildman–Crippen MR) is 52.4 cm³/mol. The fourth-order valence-corrected chi connectivity index (χ4v) is 1.55. The predicted octanol–water partition coefficient (Wildman–Crippen LogP) is 1.55. The van der Waals surface area contributed by atoms with Crippen LogP contribution in [0.3, 0.4) is 0 Å². The Labute approximate surface area is 79.1 Å². The molecule has 72 valence electrons. The molecule has 1 saturated carbocycles. The Hall–Kier alpha value is -0.830. The van der Waals surface area contributed by atoms with Gasteiger partial charge < -0.3 is 5.32 Å². The lowest BCUT2D eigenvalue weighted by Gasteiger charge is -2.26. The van der Waals surface area contributed by atoms with Crippen LogP contribution in [0.1, 0.15) is 31.7 Å². The normalized spacial score (nSPS) is 17.3. The summed E-state index contributed by atoms with van der Waals surface area (Å²) in [5, 5.41) is 7.75. The molecule has 0 atom stereocenters. The van der Waals surface area contributed by atoms with Gasteiger partial charge in [0, 0.05) is 30.9 Å². The molecule has 0 bridgehead atoms. The number of hydrogen-bond donors (Lipinski definition) is 1. The summed E-state index contributed by atoms with van der Waals surface area (Å²) in [6.07, 6.45) is 8.16. The summed E-state index contributed by atoms with van der Waals surface area (Å²) in [7, 11) is 0. The molecule has 3 heteroatoms. The van der Waals surface area contributed by atoms with Gasteiger partial charge in [0.05, 0.1) is 6.20 Å². The van der Waals surface area contributed by atoms with E-state index in [4.69, 9.17) is 0 Å². The molecular formula is C10H17N3. The van der Waals surface area contributed by atoms with Gasteiger partial charge in [0.1, 0.15) is 0 Å². The molecule has 2 rings (SSSR count). The molecule has 13 heavy (non-hydrogen) atoms. The van der Waals surface area contributed by atoms with Crippen LogP contribution in [-0.4, -0.2) is 15.8 Å². The zero-order valence-corrected chi connectivity index (χ0v) is 8.16. The van der Waals surface area contributed by atoms with Crippen LogP contribution in [0.4, 0.5) is 0 Å². The average molecular weight is 179 g/mol. The maximum Gasteiger partial charge on any atom is 0.0534 e. The van der Waals surface area contributed by atoms with E-state index < -0.39 is 0 Å². The lowest BCUT2D eigenvalue weighted by molar-refractivity contribution is 0.338. The summed E-state index contributed by atoms with van der Waals surface area (Å²) < 4.78 is 1.97. The average Bonchev–Trinajstić information content (AvgIpc) is 2.49. The van der Waals surface area contributed by atoms with E-state index in [1.807, 2.05) is 10.9 Å². The highest BCUT2D eigenvalue weighted by Crippen LogP contribution is 2.18. The lowest BCUT2D eigenvalue weighted by atomic mass is 9.93. The fraction of sp³-hybridized carbons (Fsp3) is 0.700. The minimum atomic E-state index is 0.768. The minimum Gasteiger partial charge on any atom is -0.310 e. The van der Waals surface area contributed by atoms with E-state index in [9.17, 15) is 0 Å². The Bertz CT molecular complexity index is 263. The van der Waals surface area contributed by atoms with E-state index in [0.29, 0.717) is 0 Å². The second kappa shape index (κ2) is 3.92. The van der Waals surface area contributed by atoms with Gasteiger partial charge in [-0.1, -0.05) is 6.42 Å². The molecule has 0 amide bonds. The smallest absolute Gasteiger partial charge is 0.0534 e. The number of aryl methyl sites for hydroxylation is 1. The summed E-state index contributed by atoms with van der Waals surface area (Å²) in [6.45, 7) is 4.05. The van der Waals surface area contributed by atoms with Crippen molar-refractivity contribution >= 4 is 0 Å². The van der Waals surface area contributed by atoms with E-state index in [0.717, 1.165) is 19.1 Å². The number of nitrogens with zero attached hydrogens (tertiary/aromatic N) is 2. The molecule has 1 aromatic rings. The first-order chi connectivity index (χ1) is 6.38. The first kappa shape index (κ1) is 8.75. The SMILES string of the molecule is CCn1cc(CNC2CCC2)cn1. The third-order valence-electron chi connectivity index (χ3n) is 2.71. The van der Waals surface area contributed by atoms with E-state index in [1.165, 1.54) is 24.8 Å². The molecule has 1 aromatic heterocycles. The molecule has 0 radical (unpaired) electrons. The van der Waals surface area contributed by atoms with E-state index in [1.54, 1.807) is 0 Å². The van der Waals surface area contributed by atoms with Crippen LogP contribution in [0.2, 0.25) is 0 Å². The lowest BCUT2D eigenvalue weighted by Crippen LogP contribution is -2.34. The van der Waals surface area contributed by atoms with Gasteiger partial charge in [-0.15, -0.1) is 0 Å². The van der Waals surface area contributed by atoms with Crippen LogP contribution in [-0.2, 0) is 13.1 Å². The van der Waals surface area contributed by atoms with Crippen LogP contribution in [0.5, 0.6) is 0 Å². The van der Waals surface area contributed by atoms with Crippen molar-refractivity contribution in [2.45, 2.75) is 45.3 Å². The maximum atomic E-state index is 4.23. The van der Waals surface area contributed by atoms with Crippen LogP contribution >= 0.6 is 0 Å². The van der Waals surface area contributed by atoms with Crippen LogP contribution in [0, 0.1) is 0 Å². The molecule has 0 unspecified atom stereocenters. The molecule has 0 aromatic carbocycles. The second-order valence-electron chi connectivity index (χ2n) is 3.71. The summed E-state index contributed by atoms with van der Waals surface area (Å²) in [5.41, 5.74) is 1.30. The zero-order valence-electron chi connectivity index (χ0n) is 8.16. The van der Waals surface area contributed by atoms with E-state index in [-0.39, 0.29) is 0 Å².